The van der Waals surface area contributed by atoms with E-state index >= 15 is 0 Å². The summed E-state index contributed by atoms with van der Waals surface area (Å²) in [4.78, 5) is 23.0. The van der Waals surface area contributed by atoms with Crippen molar-refractivity contribution < 1.29 is 23.8 Å². The summed E-state index contributed by atoms with van der Waals surface area (Å²) >= 11 is 5.73. The predicted octanol–water partition coefficient (Wildman–Crippen LogP) is 0.723. The number of para-hydroxylation sites is 2. The Balaban J connectivity index is 1.87. The van der Waals surface area contributed by atoms with E-state index in [-0.39, 0.29) is 13.2 Å². The van der Waals surface area contributed by atoms with E-state index < -0.39 is 23.4 Å². The highest BCUT2D eigenvalue weighted by atomic mass is 35.5. The number of rotatable bonds is 4. The number of esters is 1. The molecule has 1 aromatic carbocycles. The summed E-state index contributed by atoms with van der Waals surface area (Å²) in [5, 5.41) is 1.59. The summed E-state index contributed by atoms with van der Waals surface area (Å²) in [6.07, 6.45) is -0.772. The van der Waals surface area contributed by atoms with Gasteiger partial charge in [0.15, 0.2) is 11.5 Å². The van der Waals surface area contributed by atoms with Crippen molar-refractivity contribution in [3.8, 4) is 11.5 Å². The number of carbonyl (C=O) groups is 2. The Morgan fingerprint density at radius 1 is 1.45 bits per heavy atom. The van der Waals surface area contributed by atoms with Crippen molar-refractivity contribution in [1.82, 2.24) is 5.32 Å². The highest BCUT2D eigenvalue weighted by Gasteiger charge is 2.28. The number of benzene rings is 1. The quantitative estimate of drug-likeness (QED) is 0.655. The van der Waals surface area contributed by atoms with Crippen LogP contribution < -0.4 is 14.8 Å². The van der Waals surface area contributed by atoms with Crippen LogP contribution in [0.25, 0.3) is 0 Å². The largest absolute Gasteiger partial charge is 0.485 e. The van der Waals surface area contributed by atoms with Gasteiger partial charge in [-0.2, -0.15) is 0 Å². The number of hydrogen-bond acceptors (Lipinski definition) is 5. The van der Waals surface area contributed by atoms with E-state index in [0.29, 0.717) is 11.5 Å². The first kappa shape index (κ1) is 14.5. The first-order chi connectivity index (χ1) is 9.61. The summed E-state index contributed by atoms with van der Waals surface area (Å²) in [7, 11) is 1.23. The lowest BCUT2D eigenvalue weighted by Crippen LogP contribution is -2.46. The second-order valence-corrected chi connectivity index (χ2v) is 4.63. The molecule has 6 nitrogen and oxygen atoms in total. The van der Waals surface area contributed by atoms with E-state index in [2.05, 4.69) is 10.1 Å². The zero-order chi connectivity index (χ0) is 14.5. The van der Waals surface area contributed by atoms with Crippen LogP contribution in [0, 0.1) is 0 Å². The number of methoxy groups -OCH3 is 1. The average Bonchev–Trinajstić information content (AvgIpc) is 2.50. The molecular weight excluding hydrogens is 286 g/mol. The summed E-state index contributed by atoms with van der Waals surface area (Å²) in [5.74, 6) is 0.114. The van der Waals surface area contributed by atoms with Crippen LogP contribution in [0.15, 0.2) is 24.3 Å². The Labute approximate surface area is 120 Å². The molecule has 0 radical (unpaired) electrons. The Bertz CT molecular complexity index is 507. The number of carbonyl (C=O) groups excluding carboxylic acids is 2. The molecular formula is C13H14ClNO5. The van der Waals surface area contributed by atoms with Gasteiger partial charge < -0.3 is 19.5 Å². The van der Waals surface area contributed by atoms with Crippen LogP contribution in [-0.4, -0.2) is 43.6 Å². The van der Waals surface area contributed by atoms with Gasteiger partial charge in [-0.05, 0) is 12.1 Å². The van der Waals surface area contributed by atoms with Crippen molar-refractivity contribution in [3.63, 3.8) is 0 Å². The van der Waals surface area contributed by atoms with Gasteiger partial charge in [-0.25, -0.2) is 0 Å². The minimum absolute atomic E-state index is 0.0332. The summed E-state index contributed by atoms with van der Waals surface area (Å²) < 4.78 is 15.4. The Morgan fingerprint density at radius 2 is 2.15 bits per heavy atom. The van der Waals surface area contributed by atoms with Crippen molar-refractivity contribution in [2.45, 2.75) is 11.5 Å². The first-order valence-electron chi connectivity index (χ1n) is 6.00. The smallest absolute Gasteiger partial charge is 0.325 e. The van der Waals surface area contributed by atoms with Gasteiger partial charge >= 0.3 is 5.97 Å². The average molecular weight is 300 g/mol. The van der Waals surface area contributed by atoms with Gasteiger partial charge in [0.1, 0.15) is 12.0 Å². The van der Waals surface area contributed by atoms with Crippen molar-refractivity contribution in [2.24, 2.45) is 0 Å². The number of halogens is 1. The Morgan fingerprint density at radius 3 is 2.85 bits per heavy atom. The summed E-state index contributed by atoms with van der Waals surface area (Å²) in [6.45, 7) is 0.0720. The normalized spacial score (nSPS) is 18.0. The Hall–Kier alpha value is -1.95. The van der Waals surface area contributed by atoms with Crippen LogP contribution in [0.1, 0.15) is 0 Å². The number of amides is 1. The molecule has 0 spiro atoms. The van der Waals surface area contributed by atoms with Crippen molar-refractivity contribution in [1.29, 1.82) is 0 Å². The van der Waals surface area contributed by atoms with Crippen LogP contribution in [-0.2, 0) is 14.3 Å². The molecule has 2 unspecified atom stereocenters. The van der Waals surface area contributed by atoms with E-state index in [1.165, 1.54) is 7.11 Å². The van der Waals surface area contributed by atoms with E-state index in [4.69, 9.17) is 21.1 Å². The standard InChI is InChI=1S/C13H14ClNO5/c1-18-13(17)8(14)6-15-12(16)11-7-19-9-4-2-3-5-10(9)20-11/h2-5,8,11H,6-7H2,1H3,(H,15,16). The van der Waals surface area contributed by atoms with Gasteiger partial charge in [-0.15, -0.1) is 11.6 Å². The molecule has 1 amide bonds. The van der Waals surface area contributed by atoms with Crippen LogP contribution in [0.2, 0.25) is 0 Å². The number of alkyl halides is 1. The van der Waals surface area contributed by atoms with Gasteiger partial charge in [-0.3, -0.25) is 9.59 Å². The highest BCUT2D eigenvalue weighted by molar-refractivity contribution is 6.30. The third-order valence-corrected chi connectivity index (χ3v) is 3.05. The monoisotopic (exact) mass is 299 g/mol. The first-order valence-corrected chi connectivity index (χ1v) is 6.43. The number of fused-ring (bicyclic) bond motifs is 1. The van der Waals surface area contributed by atoms with Gasteiger partial charge in [0.2, 0.25) is 6.10 Å². The van der Waals surface area contributed by atoms with Gasteiger partial charge in [0.25, 0.3) is 5.91 Å². The van der Waals surface area contributed by atoms with Crippen molar-refractivity contribution in [3.05, 3.63) is 24.3 Å². The van der Waals surface area contributed by atoms with E-state index in [1.54, 1.807) is 18.2 Å². The molecule has 0 bridgehead atoms. The lowest BCUT2D eigenvalue weighted by molar-refractivity contribution is -0.140. The van der Waals surface area contributed by atoms with E-state index in [1.807, 2.05) is 6.07 Å². The summed E-state index contributed by atoms with van der Waals surface area (Å²) in [5.41, 5.74) is 0. The number of nitrogens with one attached hydrogen (secondary N) is 1. The molecule has 7 heteroatoms. The third-order valence-electron chi connectivity index (χ3n) is 2.71. The number of hydrogen-bond donors (Lipinski definition) is 1. The molecule has 0 saturated heterocycles. The number of ether oxygens (including phenoxy) is 3. The van der Waals surface area contributed by atoms with Gasteiger partial charge in [0.05, 0.1) is 7.11 Å². The van der Waals surface area contributed by atoms with Crippen LogP contribution in [0.5, 0.6) is 11.5 Å². The molecule has 2 rings (SSSR count). The maximum Gasteiger partial charge on any atom is 0.325 e. The molecule has 1 N–H and O–H groups in total. The highest BCUT2D eigenvalue weighted by Crippen LogP contribution is 2.30. The molecule has 1 heterocycles. The minimum Gasteiger partial charge on any atom is -0.485 e. The lowest BCUT2D eigenvalue weighted by atomic mass is 10.2. The maximum absolute atomic E-state index is 11.9. The molecule has 1 aliphatic rings. The fourth-order valence-corrected chi connectivity index (χ4v) is 1.83. The molecule has 1 aliphatic heterocycles. The third kappa shape index (κ3) is 3.33. The zero-order valence-electron chi connectivity index (χ0n) is 10.8. The summed E-state index contributed by atoms with van der Waals surface area (Å²) in [6, 6.07) is 7.08. The van der Waals surface area contributed by atoms with Crippen molar-refractivity contribution >= 4 is 23.5 Å². The zero-order valence-corrected chi connectivity index (χ0v) is 11.6. The molecule has 2 atom stereocenters. The van der Waals surface area contributed by atoms with Crippen LogP contribution in [0.4, 0.5) is 0 Å². The van der Waals surface area contributed by atoms with E-state index in [0.717, 1.165) is 0 Å². The van der Waals surface area contributed by atoms with Crippen molar-refractivity contribution in [2.75, 3.05) is 20.3 Å². The van der Waals surface area contributed by atoms with Gasteiger partial charge in [0, 0.05) is 6.54 Å². The minimum atomic E-state index is -0.930. The van der Waals surface area contributed by atoms with Crippen LogP contribution in [0.3, 0.4) is 0 Å². The molecule has 0 aromatic heterocycles. The second-order valence-electron chi connectivity index (χ2n) is 4.10. The molecule has 0 fully saturated rings. The molecule has 0 saturated carbocycles. The Kier molecular flexibility index (Phi) is 4.68. The fourth-order valence-electron chi connectivity index (χ4n) is 1.66. The SMILES string of the molecule is COC(=O)C(Cl)CNC(=O)C1COc2ccccc2O1. The molecule has 1 aromatic rings. The molecule has 0 aliphatic carbocycles. The fraction of sp³-hybridized carbons (Fsp3) is 0.385. The molecule has 20 heavy (non-hydrogen) atoms. The topological polar surface area (TPSA) is 73.9 Å². The van der Waals surface area contributed by atoms with Gasteiger partial charge in [-0.1, -0.05) is 12.1 Å². The van der Waals surface area contributed by atoms with Crippen LogP contribution >= 0.6 is 11.6 Å². The predicted molar refractivity (Wildman–Crippen MR) is 71.0 cm³/mol. The maximum atomic E-state index is 11.9. The lowest BCUT2D eigenvalue weighted by Gasteiger charge is -2.25. The molecule has 108 valence electrons. The second kappa shape index (κ2) is 6.47. The van der Waals surface area contributed by atoms with E-state index in [9.17, 15) is 9.59 Å².